The lowest BCUT2D eigenvalue weighted by Crippen LogP contribution is -2.40. The molecular weight excluding hydrogens is 224 g/mol. The van der Waals surface area contributed by atoms with Gasteiger partial charge in [0.1, 0.15) is 0 Å². The minimum atomic E-state index is 0.370. The van der Waals surface area contributed by atoms with Crippen LogP contribution in [-0.2, 0) is 11.2 Å². The van der Waals surface area contributed by atoms with Crippen LogP contribution in [0.1, 0.15) is 18.9 Å². The van der Waals surface area contributed by atoms with Crippen LogP contribution in [0.4, 0.5) is 5.69 Å². The maximum Gasteiger partial charge on any atom is 0.0716 e. The third-order valence-corrected chi connectivity index (χ3v) is 3.57. The fourth-order valence-electron chi connectivity index (χ4n) is 2.45. The third kappa shape index (κ3) is 3.47. The van der Waals surface area contributed by atoms with Gasteiger partial charge in [-0.2, -0.15) is 0 Å². The van der Waals surface area contributed by atoms with E-state index in [0.29, 0.717) is 6.10 Å². The van der Waals surface area contributed by atoms with E-state index in [2.05, 4.69) is 48.5 Å². The first-order valence-corrected chi connectivity index (χ1v) is 6.92. The highest BCUT2D eigenvalue weighted by molar-refractivity contribution is 5.52. The molecule has 1 aromatic rings. The number of hydrogen-bond donors (Lipinski definition) is 1. The summed E-state index contributed by atoms with van der Waals surface area (Å²) in [5, 5.41) is 3.38. The topological polar surface area (TPSA) is 24.5 Å². The van der Waals surface area contributed by atoms with Gasteiger partial charge in [0, 0.05) is 32.4 Å². The van der Waals surface area contributed by atoms with Crippen molar-refractivity contribution in [2.75, 3.05) is 38.2 Å². The number of hydrogen-bond acceptors (Lipinski definition) is 3. The molecule has 18 heavy (non-hydrogen) atoms. The Morgan fingerprint density at radius 3 is 2.94 bits per heavy atom. The largest absolute Gasteiger partial charge is 0.376 e. The lowest BCUT2D eigenvalue weighted by atomic mass is 10.1. The number of ether oxygens (including phenoxy) is 1. The van der Waals surface area contributed by atoms with Crippen molar-refractivity contribution in [2.24, 2.45) is 0 Å². The Kier molecular flexibility index (Phi) is 5.02. The highest BCUT2D eigenvalue weighted by Crippen LogP contribution is 2.20. The fourth-order valence-corrected chi connectivity index (χ4v) is 2.45. The average Bonchev–Trinajstić information content (AvgIpc) is 2.45. The quantitative estimate of drug-likeness (QED) is 0.863. The molecule has 100 valence electrons. The molecule has 1 aromatic carbocycles. The second-order valence-corrected chi connectivity index (χ2v) is 4.89. The predicted molar refractivity (Wildman–Crippen MR) is 76.3 cm³/mol. The zero-order valence-corrected chi connectivity index (χ0v) is 11.5. The molecule has 0 aromatic heterocycles. The van der Waals surface area contributed by atoms with Gasteiger partial charge in [-0.25, -0.2) is 0 Å². The molecule has 1 atom stereocenters. The Morgan fingerprint density at radius 1 is 1.39 bits per heavy atom. The van der Waals surface area contributed by atoms with Crippen LogP contribution in [0.2, 0.25) is 0 Å². The Labute approximate surface area is 110 Å². The molecule has 0 bridgehead atoms. The molecule has 0 radical (unpaired) electrons. The van der Waals surface area contributed by atoms with Gasteiger partial charge in [0.2, 0.25) is 0 Å². The van der Waals surface area contributed by atoms with E-state index in [0.717, 1.165) is 39.1 Å². The van der Waals surface area contributed by atoms with Crippen molar-refractivity contribution < 1.29 is 4.74 Å². The summed E-state index contributed by atoms with van der Waals surface area (Å²) >= 11 is 0. The molecule has 2 rings (SSSR count). The summed E-state index contributed by atoms with van der Waals surface area (Å²) in [4.78, 5) is 2.34. The molecule has 1 fully saturated rings. The second kappa shape index (κ2) is 6.76. The van der Waals surface area contributed by atoms with E-state index in [9.17, 15) is 0 Å². The molecule has 1 unspecified atom stereocenters. The van der Waals surface area contributed by atoms with Crippen molar-refractivity contribution in [3.05, 3.63) is 29.8 Å². The summed E-state index contributed by atoms with van der Waals surface area (Å²) in [6.07, 6.45) is 2.54. The van der Waals surface area contributed by atoms with E-state index in [1.54, 1.807) is 0 Å². The van der Waals surface area contributed by atoms with Crippen molar-refractivity contribution in [2.45, 2.75) is 25.9 Å². The molecule has 1 saturated heterocycles. The molecular formula is C15H24N2O. The van der Waals surface area contributed by atoms with Gasteiger partial charge in [0.15, 0.2) is 0 Å². The monoisotopic (exact) mass is 248 g/mol. The summed E-state index contributed by atoms with van der Waals surface area (Å²) in [5.41, 5.74) is 2.77. The van der Waals surface area contributed by atoms with Crippen LogP contribution in [0, 0.1) is 0 Å². The summed E-state index contributed by atoms with van der Waals surface area (Å²) in [7, 11) is 2.17. The van der Waals surface area contributed by atoms with Gasteiger partial charge in [-0.05, 0) is 24.5 Å². The highest BCUT2D eigenvalue weighted by Gasteiger charge is 2.14. The second-order valence-electron chi connectivity index (χ2n) is 4.89. The maximum atomic E-state index is 5.73. The van der Waals surface area contributed by atoms with Gasteiger partial charge >= 0.3 is 0 Å². The van der Waals surface area contributed by atoms with Crippen LogP contribution in [0.5, 0.6) is 0 Å². The molecule has 3 heteroatoms. The normalized spacial score (nSPS) is 19.8. The molecule has 1 heterocycles. The van der Waals surface area contributed by atoms with E-state index in [-0.39, 0.29) is 0 Å². The smallest absolute Gasteiger partial charge is 0.0716 e. The Morgan fingerprint density at radius 2 is 2.22 bits per heavy atom. The zero-order valence-electron chi connectivity index (χ0n) is 11.5. The van der Waals surface area contributed by atoms with Gasteiger partial charge in [0.05, 0.1) is 12.7 Å². The third-order valence-electron chi connectivity index (χ3n) is 3.57. The lowest BCUT2D eigenvalue weighted by Gasteiger charge is -2.27. The summed E-state index contributed by atoms with van der Waals surface area (Å²) in [6.45, 7) is 6.08. The van der Waals surface area contributed by atoms with Crippen molar-refractivity contribution in [3.63, 3.8) is 0 Å². The first kappa shape index (κ1) is 13.4. The standard InChI is InChI=1S/C15H24N2O/c1-3-13-6-4-5-7-15(13)17(2)10-8-14-12-16-9-11-18-14/h4-7,14,16H,3,8-12H2,1-2H3. The van der Waals surface area contributed by atoms with Gasteiger partial charge in [-0.3, -0.25) is 0 Å². The number of anilines is 1. The van der Waals surface area contributed by atoms with E-state index in [4.69, 9.17) is 4.74 Å². The number of morpholine rings is 1. The van der Waals surface area contributed by atoms with Gasteiger partial charge in [-0.1, -0.05) is 25.1 Å². The van der Waals surface area contributed by atoms with E-state index < -0.39 is 0 Å². The molecule has 0 aliphatic carbocycles. The number of nitrogens with one attached hydrogen (secondary N) is 1. The summed E-state index contributed by atoms with van der Waals surface area (Å²) in [6, 6.07) is 8.65. The average molecular weight is 248 g/mol. The molecule has 0 amide bonds. The maximum absolute atomic E-state index is 5.73. The number of rotatable bonds is 5. The fraction of sp³-hybridized carbons (Fsp3) is 0.600. The number of para-hydroxylation sites is 1. The summed E-state index contributed by atoms with van der Waals surface area (Å²) in [5.74, 6) is 0. The van der Waals surface area contributed by atoms with Crippen molar-refractivity contribution in [1.29, 1.82) is 0 Å². The summed E-state index contributed by atoms with van der Waals surface area (Å²) < 4.78 is 5.73. The Bertz CT molecular complexity index is 361. The number of benzene rings is 1. The first-order chi connectivity index (χ1) is 8.81. The van der Waals surface area contributed by atoms with Crippen LogP contribution in [0.15, 0.2) is 24.3 Å². The van der Waals surface area contributed by atoms with E-state index >= 15 is 0 Å². The van der Waals surface area contributed by atoms with Crippen LogP contribution < -0.4 is 10.2 Å². The van der Waals surface area contributed by atoms with Gasteiger partial charge in [0.25, 0.3) is 0 Å². The molecule has 1 N–H and O–H groups in total. The van der Waals surface area contributed by atoms with Crippen LogP contribution in [-0.4, -0.2) is 39.4 Å². The molecule has 3 nitrogen and oxygen atoms in total. The molecule has 1 aliphatic rings. The minimum Gasteiger partial charge on any atom is -0.376 e. The molecule has 1 aliphatic heterocycles. The minimum absolute atomic E-state index is 0.370. The van der Waals surface area contributed by atoms with Crippen LogP contribution in [0.25, 0.3) is 0 Å². The zero-order chi connectivity index (χ0) is 12.8. The Hall–Kier alpha value is -1.06. The van der Waals surface area contributed by atoms with Crippen molar-refractivity contribution in [1.82, 2.24) is 5.32 Å². The van der Waals surface area contributed by atoms with Crippen LogP contribution in [0.3, 0.4) is 0 Å². The molecule has 0 saturated carbocycles. The number of nitrogens with zero attached hydrogens (tertiary/aromatic N) is 1. The lowest BCUT2D eigenvalue weighted by molar-refractivity contribution is 0.0250. The van der Waals surface area contributed by atoms with E-state index in [1.807, 2.05) is 0 Å². The first-order valence-electron chi connectivity index (χ1n) is 6.92. The Balaban J connectivity index is 1.88. The molecule has 0 spiro atoms. The van der Waals surface area contributed by atoms with Gasteiger partial charge in [-0.15, -0.1) is 0 Å². The van der Waals surface area contributed by atoms with E-state index in [1.165, 1.54) is 11.3 Å². The SMILES string of the molecule is CCc1ccccc1N(C)CCC1CNCCO1. The van der Waals surface area contributed by atoms with Gasteiger partial charge < -0.3 is 15.0 Å². The van der Waals surface area contributed by atoms with Crippen molar-refractivity contribution in [3.8, 4) is 0 Å². The van der Waals surface area contributed by atoms with Crippen molar-refractivity contribution >= 4 is 5.69 Å². The predicted octanol–water partition coefficient (Wildman–Crippen LogP) is 2.06. The number of aryl methyl sites for hydroxylation is 1. The highest BCUT2D eigenvalue weighted by atomic mass is 16.5. The van der Waals surface area contributed by atoms with Crippen LogP contribution >= 0.6 is 0 Å².